The Balaban J connectivity index is 2.03. The van der Waals surface area contributed by atoms with Crippen molar-refractivity contribution in [2.45, 2.75) is 37.5 Å². The summed E-state index contributed by atoms with van der Waals surface area (Å²) in [7, 11) is -3.79. The minimum absolute atomic E-state index is 0.0909. The number of nitrogens with one attached hydrogen (secondary N) is 1. The van der Waals surface area contributed by atoms with Crippen LogP contribution in [0.4, 0.5) is 5.13 Å². The normalized spacial score (nSPS) is 11.4. The van der Waals surface area contributed by atoms with Crippen molar-refractivity contribution in [2.24, 2.45) is 0 Å². The number of aliphatic carboxylic acids is 1. The minimum atomic E-state index is -3.79. The van der Waals surface area contributed by atoms with E-state index in [-0.39, 0.29) is 16.4 Å². The number of halogens is 1. The number of hydrogen-bond donors (Lipinski definition) is 2. The molecule has 0 atom stereocenters. The molecule has 7 nitrogen and oxygen atoms in total. The highest BCUT2D eigenvalue weighted by atomic mass is 35.5. The van der Waals surface area contributed by atoms with Crippen molar-refractivity contribution < 1.29 is 18.3 Å². The average molecular weight is 390 g/mol. The van der Waals surface area contributed by atoms with Crippen molar-refractivity contribution in [1.82, 2.24) is 10.2 Å². The monoisotopic (exact) mass is 389 g/mol. The molecule has 0 radical (unpaired) electrons. The van der Waals surface area contributed by atoms with Crippen LogP contribution >= 0.6 is 22.9 Å². The van der Waals surface area contributed by atoms with Crippen molar-refractivity contribution in [3.63, 3.8) is 0 Å². The first-order chi connectivity index (χ1) is 11.3. The standard InChI is InChI=1S/C14H16ClN3O4S2/c1-9-10(15)5-4-6-11(9)24(21,22)18-14-17-16-12(23-14)7-2-3-8-13(19)20/h4-6H,2-3,7-8H2,1H3,(H,17,18)(H,19,20). The first kappa shape index (κ1) is 18.6. The van der Waals surface area contributed by atoms with E-state index < -0.39 is 16.0 Å². The van der Waals surface area contributed by atoms with Crippen LogP contribution in [0.5, 0.6) is 0 Å². The number of rotatable bonds is 8. The largest absolute Gasteiger partial charge is 0.481 e. The maximum absolute atomic E-state index is 12.4. The van der Waals surface area contributed by atoms with Gasteiger partial charge in [-0.2, -0.15) is 0 Å². The Morgan fingerprint density at radius 2 is 2.08 bits per heavy atom. The smallest absolute Gasteiger partial charge is 0.303 e. The molecule has 1 aromatic carbocycles. The van der Waals surface area contributed by atoms with Gasteiger partial charge in [-0.3, -0.25) is 9.52 Å². The summed E-state index contributed by atoms with van der Waals surface area (Å²) in [5.74, 6) is -0.836. The molecule has 0 fully saturated rings. The lowest BCUT2D eigenvalue weighted by molar-refractivity contribution is -0.137. The Kier molecular flexibility index (Phi) is 6.14. The van der Waals surface area contributed by atoms with E-state index in [0.717, 1.165) is 11.3 Å². The van der Waals surface area contributed by atoms with E-state index in [4.69, 9.17) is 16.7 Å². The lowest BCUT2D eigenvalue weighted by atomic mass is 10.2. The summed E-state index contributed by atoms with van der Waals surface area (Å²) in [4.78, 5) is 10.5. The fourth-order valence-corrected chi connectivity index (χ4v) is 4.51. The summed E-state index contributed by atoms with van der Waals surface area (Å²) in [6.07, 6.45) is 1.86. The van der Waals surface area contributed by atoms with Crippen LogP contribution in [0.1, 0.15) is 29.8 Å². The molecular formula is C14H16ClN3O4S2. The van der Waals surface area contributed by atoms with Crippen LogP contribution in [0.2, 0.25) is 5.02 Å². The summed E-state index contributed by atoms with van der Waals surface area (Å²) in [5.41, 5.74) is 0.463. The second kappa shape index (κ2) is 7.91. The topological polar surface area (TPSA) is 109 Å². The van der Waals surface area contributed by atoms with Crippen LogP contribution in [0, 0.1) is 6.92 Å². The van der Waals surface area contributed by atoms with Crippen LogP contribution in [0.15, 0.2) is 23.1 Å². The molecule has 2 N–H and O–H groups in total. The van der Waals surface area contributed by atoms with Crippen LogP contribution in [-0.4, -0.2) is 29.7 Å². The highest BCUT2D eigenvalue weighted by molar-refractivity contribution is 7.93. The van der Waals surface area contributed by atoms with Gasteiger partial charge in [0.1, 0.15) is 5.01 Å². The van der Waals surface area contributed by atoms with Gasteiger partial charge in [0.15, 0.2) is 0 Å². The van der Waals surface area contributed by atoms with E-state index in [1.807, 2.05) is 0 Å². The highest BCUT2D eigenvalue weighted by Crippen LogP contribution is 2.26. The summed E-state index contributed by atoms with van der Waals surface area (Å²) >= 11 is 7.09. The number of unbranched alkanes of at least 4 members (excludes halogenated alkanes) is 1. The molecule has 0 saturated carbocycles. The van der Waals surface area contributed by atoms with Gasteiger partial charge in [-0.05, 0) is 37.5 Å². The maximum atomic E-state index is 12.4. The zero-order valence-electron chi connectivity index (χ0n) is 12.8. The van der Waals surface area contributed by atoms with Gasteiger partial charge in [0.25, 0.3) is 10.0 Å². The molecule has 2 aromatic rings. The molecule has 24 heavy (non-hydrogen) atoms. The number of carbonyl (C=O) groups is 1. The van der Waals surface area contributed by atoms with Gasteiger partial charge in [0.2, 0.25) is 5.13 Å². The van der Waals surface area contributed by atoms with Crippen molar-refractivity contribution in [3.8, 4) is 0 Å². The molecule has 0 aliphatic heterocycles. The zero-order chi connectivity index (χ0) is 17.7. The van der Waals surface area contributed by atoms with Crippen LogP contribution in [0.3, 0.4) is 0 Å². The first-order valence-electron chi connectivity index (χ1n) is 7.11. The molecule has 0 amide bonds. The number of benzene rings is 1. The van der Waals surface area contributed by atoms with E-state index in [0.29, 0.717) is 34.9 Å². The number of anilines is 1. The molecule has 0 unspecified atom stereocenters. The third-order valence-corrected chi connectivity index (χ3v) is 6.15. The predicted octanol–water partition coefficient (Wildman–Crippen LogP) is 3.10. The van der Waals surface area contributed by atoms with Gasteiger partial charge in [0.05, 0.1) is 4.90 Å². The molecule has 0 spiro atoms. The number of aryl methyl sites for hydroxylation is 1. The maximum Gasteiger partial charge on any atom is 0.303 e. The Morgan fingerprint density at radius 1 is 1.33 bits per heavy atom. The minimum Gasteiger partial charge on any atom is -0.481 e. The predicted molar refractivity (Wildman–Crippen MR) is 92.1 cm³/mol. The molecular weight excluding hydrogens is 374 g/mol. The summed E-state index contributed by atoms with van der Waals surface area (Å²) in [6.45, 7) is 1.63. The van der Waals surface area contributed by atoms with Crippen LogP contribution in [0.25, 0.3) is 0 Å². The SMILES string of the molecule is Cc1c(Cl)cccc1S(=O)(=O)Nc1nnc(CCCCC(=O)O)s1. The molecule has 130 valence electrons. The summed E-state index contributed by atoms with van der Waals surface area (Å²) in [6, 6.07) is 4.66. The fraction of sp³-hybridized carbons (Fsp3) is 0.357. The summed E-state index contributed by atoms with van der Waals surface area (Å²) < 4.78 is 27.2. The molecule has 10 heteroatoms. The van der Waals surface area contributed by atoms with E-state index in [1.165, 1.54) is 6.07 Å². The Labute approximate surface area is 148 Å². The fourth-order valence-electron chi connectivity index (χ4n) is 2.00. The van der Waals surface area contributed by atoms with Gasteiger partial charge in [-0.1, -0.05) is 29.0 Å². The van der Waals surface area contributed by atoms with Gasteiger partial charge in [0, 0.05) is 17.9 Å². The second-order valence-electron chi connectivity index (χ2n) is 5.07. The third kappa shape index (κ3) is 4.89. The van der Waals surface area contributed by atoms with E-state index in [9.17, 15) is 13.2 Å². The number of sulfonamides is 1. The van der Waals surface area contributed by atoms with Crippen molar-refractivity contribution in [3.05, 3.63) is 33.8 Å². The lowest BCUT2D eigenvalue weighted by Crippen LogP contribution is -2.14. The van der Waals surface area contributed by atoms with Gasteiger partial charge < -0.3 is 5.11 Å². The number of carboxylic acid groups (broad SMARTS) is 1. The van der Waals surface area contributed by atoms with Crippen LogP contribution in [-0.2, 0) is 21.2 Å². The Hall–Kier alpha value is -1.71. The quantitative estimate of drug-likeness (QED) is 0.671. The van der Waals surface area contributed by atoms with E-state index >= 15 is 0 Å². The summed E-state index contributed by atoms with van der Waals surface area (Å²) in [5, 5.41) is 17.5. The molecule has 0 saturated heterocycles. The van der Waals surface area contributed by atoms with Crippen LogP contribution < -0.4 is 4.72 Å². The molecule has 0 bridgehead atoms. The van der Waals surface area contributed by atoms with Gasteiger partial charge in [-0.25, -0.2) is 8.42 Å². The number of hydrogen-bond acceptors (Lipinski definition) is 6. The molecule has 0 aliphatic rings. The lowest BCUT2D eigenvalue weighted by Gasteiger charge is -2.08. The Bertz CT molecular complexity index is 836. The number of nitrogens with zero attached hydrogens (tertiary/aromatic N) is 2. The molecule has 1 aromatic heterocycles. The van der Waals surface area contributed by atoms with Crippen molar-refractivity contribution in [2.75, 3.05) is 4.72 Å². The highest BCUT2D eigenvalue weighted by Gasteiger charge is 2.20. The van der Waals surface area contributed by atoms with Crippen molar-refractivity contribution >= 4 is 44.1 Å². The van der Waals surface area contributed by atoms with E-state index in [1.54, 1.807) is 19.1 Å². The van der Waals surface area contributed by atoms with E-state index in [2.05, 4.69) is 14.9 Å². The third-order valence-electron chi connectivity index (χ3n) is 3.23. The van der Waals surface area contributed by atoms with Crippen molar-refractivity contribution in [1.29, 1.82) is 0 Å². The molecule has 1 heterocycles. The Morgan fingerprint density at radius 3 is 2.79 bits per heavy atom. The average Bonchev–Trinajstić information content (AvgIpc) is 2.93. The van der Waals surface area contributed by atoms with Gasteiger partial charge in [-0.15, -0.1) is 10.2 Å². The first-order valence-corrected chi connectivity index (χ1v) is 9.79. The number of carboxylic acids is 1. The second-order valence-corrected chi connectivity index (χ2v) is 8.19. The van der Waals surface area contributed by atoms with Gasteiger partial charge >= 0.3 is 5.97 Å². The zero-order valence-corrected chi connectivity index (χ0v) is 15.2. The number of aromatic nitrogens is 2. The molecule has 2 rings (SSSR count). The molecule has 0 aliphatic carbocycles.